The standard InChI is InChI=1S/C16H30N2O2/c1-2-4-15-9-13(6-8-19-15)17-10-16-11-18-7-3-5-14(18)12-20-16/h13-17H,2-12H2,1H3. The van der Waals surface area contributed by atoms with E-state index >= 15 is 0 Å². The van der Waals surface area contributed by atoms with Gasteiger partial charge in [0.05, 0.1) is 18.8 Å². The van der Waals surface area contributed by atoms with Crippen molar-refractivity contribution in [3.63, 3.8) is 0 Å². The van der Waals surface area contributed by atoms with Crippen molar-refractivity contribution in [2.75, 3.05) is 32.8 Å². The van der Waals surface area contributed by atoms with Crippen LogP contribution in [0.15, 0.2) is 0 Å². The normalized spacial score (nSPS) is 38.9. The van der Waals surface area contributed by atoms with E-state index in [1.54, 1.807) is 0 Å². The molecule has 3 fully saturated rings. The fourth-order valence-electron chi connectivity index (χ4n) is 3.90. The monoisotopic (exact) mass is 282 g/mol. The molecule has 0 amide bonds. The van der Waals surface area contributed by atoms with Crippen LogP contribution in [0, 0.1) is 0 Å². The summed E-state index contributed by atoms with van der Waals surface area (Å²) in [6.45, 7) is 7.51. The van der Waals surface area contributed by atoms with Gasteiger partial charge in [-0.25, -0.2) is 0 Å². The molecule has 4 nitrogen and oxygen atoms in total. The van der Waals surface area contributed by atoms with Gasteiger partial charge in [0.15, 0.2) is 0 Å². The van der Waals surface area contributed by atoms with Gasteiger partial charge in [-0.3, -0.25) is 4.90 Å². The van der Waals surface area contributed by atoms with Crippen LogP contribution in [0.1, 0.15) is 45.4 Å². The van der Waals surface area contributed by atoms with Crippen molar-refractivity contribution in [3.05, 3.63) is 0 Å². The lowest BCUT2D eigenvalue weighted by molar-refractivity contribution is -0.0520. The minimum Gasteiger partial charge on any atom is -0.378 e. The van der Waals surface area contributed by atoms with Crippen molar-refractivity contribution in [2.24, 2.45) is 0 Å². The lowest BCUT2D eigenvalue weighted by Gasteiger charge is -2.37. The summed E-state index contributed by atoms with van der Waals surface area (Å²) in [6, 6.07) is 1.34. The van der Waals surface area contributed by atoms with Crippen molar-refractivity contribution in [1.29, 1.82) is 0 Å². The van der Waals surface area contributed by atoms with Crippen molar-refractivity contribution >= 4 is 0 Å². The van der Waals surface area contributed by atoms with E-state index in [9.17, 15) is 0 Å². The predicted molar refractivity (Wildman–Crippen MR) is 80.0 cm³/mol. The maximum absolute atomic E-state index is 6.02. The van der Waals surface area contributed by atoms with Gasteiger partial charge in [0.2, 0.25) is 0 Å². The third kappa shape index (κ3) is 3.73. The van der Waals surface area contributed by atoms with E-state index in [-0.39, 0.29) is 0 Å². The van der Waals surface area contributed by atoms with E-state index in [1.807, 2.05) is 0 Å². The molecule has 0 saturated carbocycles. The summed E-state index contributed by atoms with van der Waals surface area (Å²) in [7, 11) is 0. The minimum atomic E-state index is 0.386. The lowest BCUT2D eigenvalue weighted by atomic mass is 10.00. The van der Waals surface area contributed by atoms with Gasteiger partial charge in [-0.15, -0.1) is 0 Å². The van der Waals surface area contributed by atoms with E-state index in [2.05, 4.69) is 17.1 Å². The first-order valence-electron chi connectivity index (χ1n) is 8.55. The molecule has 20 heavy (non-hydrogen) atoms. The van der Waals surface area contributed by atoms with Crippen molar-refractivity contribution < 1.29 is 9.47 Å². The molecule has 3 rings (SSSR count). The van der Waals surface area contributed by atoms with Gasteiger partial charge < -0.3 is 14.8 Å². The molecular weight excluding hydrogens is 252 g/mol. The average molecular weight is 282 g/mol. The first-order chi connectivity index (χ1) is 9.85. The number of nitrogens with zero attached hydrogens (tertiary/aromatic N) is 1. The molecule has 3 aliphatic rings. The summed E-state index contributed by atoms with van der Waals surface area (Å²) in [5.41, 5.74) is 0. The number of fused-ring (bicyclic) bond motifs is 1. The van der Waals surface area contributed by atoms with Crippen LogP contribution < -0.4 is 5.32 Å². The second-order valence-corrected chi connectivity index (χ2v) is 6.66. The Bertz CT molecular complexity index is 298. The molecule has 3 heterocycles. The maximum atomic E-state index is 6.02. The number of ether oxygens (including phenoxy) is 2. The van der Waals surface area contributed by atoms with E-state index in [0.717, 1.165) is 32.7 Å². The molecule has 0 radical (unpaired) electrons. The van der Waals surface area contributed by atoms with Crippen LogP contribution >= 0.6 is 0 Å². The summed E-state index contributed by atoms with van der Waals surface area (Å²) in [6.07, 6.45) is 8.29. The Balaban J connectivity index is 1.38. The van der Waals surface area contributed by atoms with Crippen molar-refractivity contribution in [3.8, 4) is 0 Å². The summed E-state index contributed by atoms with van der Waals surface area (Å²) < 4.78 is 11.8. The quantitative estimate of drug-likeness (QED) is 0.833. The first kappa shape index (κ1) is 14.8. The van der Waals surface area contributed by atoms with Gasteiger partial charge in [-0.2, -0.15) is 0 Å². The number of rotatable bonds is 5. The highest BCUT2D eigenvalue weighted by molar-refractivity contribution is 4.87. The van der Waals surface area contributed by atoms with Crippen LogP contribution in [-0.4, -0.2) is 62.0 Å². The molecule has 0 aromatic rings. The van der Waals surface area contributed by atoms with Crippen LogP contribution in [0.4, 0.5) is 0 Å². The number of nitrogens with one attached hydrogen (secondary N) is 1. The fraction of sp³-hybridized carbons (Fsp3) is 1.00. The van der Waals surface area contributed by atoms with Crippen LogP contribution in [-0.2, 0) is 9.47 Å². The highest BCUT2D eigenvalue weighted by Crippen LogP contribution is 2.23. The average Bonchev–Trinajstić information content (AvgIpc) is 2.93. The van der Waals surface area contributed by atoms with E-state index in [1.165, 1.54) is 38.6 Å². The molecule has 0 bridgehead atoms. The zero-order chi connectivity index (χ0) is 13.8. The molecule has 3 aliphatic heterocycles. The first-order valence-corrected chi connectivity index (χ1v) is 8.55. The summed E-state index contributed by atoms with van der Waals surface area (Å²) in [5, 5.41) is 3.73. The van der Waals surface area contributed by atoms with Crippen molar-refractivity contribution in [1.82, 2.24) is 10.2 Å². The Hall–Kier alpha value is -0.160. The highest BCUT2D eigenvalue weighted by atomic mass is 16.5. The SMILES string of the molecule is CCCC1CC(NCC2CN3CCCC3CO2)CCO1. The van der Waals surface area contributed by atoms with Gasteiger partial charge >= 0.3 is 0 Å². The topological polar surface area (TPSA) is 33.7 Å². The molecule has 4 heteroatoms. The van der Waals surface area contributed by atoms with Gasteiger partial charge in [0, 0.05) is 31.8 Å². The zero-order valence-electron chi connectivity index (χ0n) is 12.9. The van der Waals surface area contributed by atoms with Crippen LogP contribution in [0.2, 0.25) is 0 Å². The summed E-state index contributed by atoms with van der Waals surface area (Å²) in [5.74, 6) is 0. The molecule has 0 aromatic heterocycles. The van der Waals surface area contributed by atoms with E-state index in [4.69, 9.17) is 9.47 Å². The Morgan fingerprint density at radius 1 is 1.20 bits per heavy atom. The fourth-order valence-corrected chi connectivity index (χ4v) is 3.90. The number of morpholine rings is 1. The van der Waals surface area contributed by atoms with Gasteiger partial charge in [0.1, 0.15) is 0 Å². The zero-order valence-corrected chi connectivity index (χ0v) is 12.9. The second kappa shape index (κ2) is 7.21. The molecule has 4 atom stereocenters. The maximum Gasteiger partial charge on any atom is 0.0827 e. The van der Waals surface area contributed by atoms with Crippen LogP contribution in [0.25, 0.3) is 0 Å². The highest BCUT2D eigenvalue weighted by Gasteiger charge is 2.32. The minimum absolute atomic E-state index is 0.386. The molecule has 116 valence electrons. The molecule has 3 saturated heterocycles. The Kier molecular flexibility index (Phi) is 5.32. The molecule has 4 unspecified atom stereocenters. The van der Waals surface area contributed by atoms with Crippen molar-refractivity contribution in [2.45, 2.75) is 69.7 Å². The third-order valence-corrected chi connectivity index (χ3v) is 5.07. The van der Waals surface area contributed by atoms with Gasteiger partial charge in [-0.1, -0.05) is 13.3 Å². The molecular formula is C16H30N2O2. The number of hydrogen-bond acceptors (Lipinski definition) is 4. The number of hydrogen-bond donors (Lipinski definition) is 1. The molecule has 0 aliphatic carbocycles. The smallest absolute Gasteiger partial charge is 0.0827 e. The van der Waals surface area contributed by atoms with Gasteiger partial charge in [0.25, 0.3) is 0 Å². The summed E-state index contributed by atoms with van der Waals surface area (Å²) >= 11 is 0. The van der Waals surface area contributed by atoms with Crippen LogP contribution in [0.5, 0.6) is 0 Å². The Labute approximate surface area is 123 Å². The molecule has 0 aromatic carbocycles. The van der Waals surface area contributed by atoms with Gasteiger partial charge in [-0.05, 0) is 38.6 Å². The van der Waals surface area contributed by atoms with Crippen LogP contribution in [0.3, 0.4) is 0 Å². The third-order valence-electron chi connectivity index (χ3n) is 5.07. The predicted octanol–water partition coefficient (Wildman–Crippen LogP) is 1.79. The Morgan fingerprint density at radius 3 is 3.05 bits per heavy atom. The lowest BCUT2D eigenvalue weighted by Crippen LogP contribution is -2.51. The molecule has 0 spiro atoms. The molecule has 1 N–H and O–H groups in total. The van der Waals surface area contributed by atoms with E-state index < -0.39 is 0 Å². The van der Waals surface area contributed by atoms with E-state index in [0.29, 0.717) is 24.3 Å². The summed E-state index contributed by atoms with van der Waals surface area (Å²) in [4.78, 5) is 2.62. The largest absolute Gasteiger partial charge is 0.378 e. The Morgan fingerprint density at radius 2 is 2.15 bits per heavy atom. The second-order valence-electron chi connectivity index (χ2n) is 6.66.